The molecule has 8 heteroatoms. The summed E-state index contributed by atoms with van der Waals surface area (Å²) in [4.78, 5) is 4.53. The summed E-state index contributed by atoms with van der Waals surface area (Å²) in [6, 6.07) is 15.2. The van der Waals surface area contributed by atoms with E-state index in [9.17, 15) is 8.42 Å². The molecule has 2 rings (SSSR count). The maximum atomic E-state index is 12.1. The fraction of sp³-hybridized carbons (Fsp3) is 0.350. The van der Waals surface area contributed by atoms with Crippen molar-refractivity contribution in [3.05, 3.63) is 65.2 Å². The van der Waals surface area contributed by atoms with Gasteiger partial charge in [0.15, 0.2) is 5.96 Å². The number of guanidine groups is 1. The van der Waals surface area contributed by atoms with Crippen LogP contribution in [0, 0.1) is 0 Å². The molecule has 0 amide bonds. The van der Waals surface area contributed by atoms with E-state index in [1.807, 2.05) is 18.2 Å². The van der Waals surface area contributed by atoms with Gasteiger partial charge < -0.3 is 10.6 Å². The van der Waals surface area contributed by atoms with Crippen molar-refractivity contribution >= 4 is 40.0 Å². The zero-order valence-corrected chi connectivity index (χ0v) is 19.9. The average Bonchev–Trinajstić information content (AvgIpc) is 2.68. The summed E-state index contributed by atoms with van der Waals surface area (Å²) in [6.45, 7) is 3.40. The van der Waals surface area contributed by atoms with Crippen molar-refractivity contribution in [2.45, 2.75) is 31.3 Å². The van der Waals surface area contributed by atoms with Crippen LogP contribution in [0.3, 0.4) is 0 Å². The van der Waals surface area contributed by atoms with Gasteiger partial charge in [-0.3, -0.25) is 4.99 Å². The number of hydrogen-bond acceptors (Lipinski definition) is 3. The maximum absolute atomic E-state index is 12.1. The van der Waals surface area contributed by atoms with Crippen LogP contribution in [0.25, 0.3) is 0 Å². The molecule has 2 aromatic carbocycles. The van der Waals surface area contributed by atoms with Crippen LogP contribution >= 0.6 is 24.0 Å². The van der Waals surface area contributed by atoms with E-state index in [0.29, 0.717) is 19.0 Å². The molecule has 0 aromatic heterocycles. The molecule has 0 aliphatic rings. The summed E-state index contributed by atoms with van der Waals surface area (Å²) in [6.07, 6.45) is 0.992. The second-order valence-electron chi connectivity index (χ2n) is 6.33. The van der Waals surface area contributed by atoms with Crippen molar-refractivity contribution in [3.8, 4) is 0 Å². The van der Waals surface area contributed by atoms with Crippen LogP contribution in [0.4, 0.5) is 0 Å². The van der Waals surface area contributed by atoms with E-state index < -0.39 is 10.0 Å². The third-order valence-corrected chi connectivity index (χ3v) is 6.16. The van der Waals surface area contributed by atoms with Gasteiger partial charge in [-0.25, -0.2) is 12.7 Å². The Bertz CT molecular complexity index is 881. The van der Waals surface area contributed by atoms with Crippen LogP contribution in [0.1, 0.15) is 23.6 Å². The first-order valence-corrected chi connectivity index (χ1v) is 10.3. The van der Waals surface area contributed by atoms with Gasteiger partial charge in [0.2, 0.25) is 10.0 Å². The molecule has 28 heavy (non-hydrogen) atoms. The minimum atomic E-state index is -3.40. The number of sulfonamides is 1. The summed E-state index contributed by atoms with van der Waals surface area (Å²) in [5, 5.41) is 6.57. The molecule has 154 valence electrons. The molecule has 0 fully saturated rings. The Labute approximate surface area is 185 Å². The van der Waals surface area contributed by atoms with Crippen LogP contribution in [-0.2, 0) is 29.5 Å². The van der Waals surface area contributed by atoms with Gasteiger partial charge in [-0.2, -0.15) is 0 Å². The number of aryl methyl sites for hydroxylation is 1. The first-order valence-electron chi connectivity index (χ1n) is 8.91. The van der Waals surface area contributed by atoms with Crippen LogP contribution in [0.5, 0.6) is 0 Å². The Kier molecular flexibility index (Phi) is 9.91. The molecule has 0 saturated carbocycles. The molecule has 0 saturated heterocycles. The Hall–Kier alpha value is -1.65. The Morgan fingerprint density at radius 3 is 2.07 bits per heavy atom. The van der Waals surface area contributed by atoms with E-state index in [-0.39, 0.29) is 28.9 Å². The van der Waals surface area contributed by atoms with E-state index in [1.165, 1.54) is 29.5 Å². The quantitative estimate of drug-likeness (QED) is 0.337. The first-order chi connectivity index (χ1) is 12.9. The van der Waals surface area contributed by atoms with Crippen molar-refractivity contribution in [2.75, 3.05) is 21.1 Å². The summed E-state index contributed by atoms with van der Waals surface area (Å²) < 4.78 is 25.4. The summed E-state index contributed by atoms with van der Waals surface area (Å²) in [7, 11) is 1.38. The number of aliphatic imine (C=N–C) groups is 1. The highest BCUT2D eigenvalue weighted by Gasteiger charge is 2.16. The van der Waals surface area contributed by atoms with Crippen LogP contribution in [-0.4, -0.2) is 39.8 Å². The minimum Gasteiger partial charge on any atom is -0.352 e. The SMILES string of the molecule is CCc1ccccc1CNC(=NC)NCc1ccc(S(=O)(=O)N(C)C)cc1.I. The van der Waals surface area contributed by atoms with Crippen molar-refractivity contribution in [2.24, 2.45) is 4.99 Å². The predicted molar refractivity (Wildman–Crippen MR) is 126 cm³/mol. The molecule has 2 aromatic rings. The molecule has 0 aliphatic heterocycles. The second-order valence-corrected chi connectivity index (χ2v) is 8.48. The molecule has 0 spiro atoms. The van der Waals surface area contributed by atoms with Gasteiger partial charge in [-0.15, -0.1) is 24.0 Å². The normalized spacial score (nSPS) is 11.8. The molecule has 0 bridgehead atoms. The molecule has 2 N–H and O–H groups in total. The molecular formula is C20H29IN4O2S. The number of halogens is 1. The monoisotopic (exact) mass is 516 g/mol. The van der Waals surface area contributed by atoms with Crippen LogP contribution in [0.2, 0.25) is 0 Å². The van der Waals surface area contributed by atoms with E-state index in [0.717, 1.165) is 12.0 Å². The molecule has 6 nitrogen and oxygen atoms in total. The van der Waals surface area contributed by atoms with Gasteiger partial charge >= 0.3 is 0 Å². The highest BCUT2D eigenvalue weighted by atomic mass is 127. The van der Waals surface area contributed by atoms with E-state index in [2.05, 4.69) is 40.7 Å². The van der Waals surface area contributed by atoms with Crippen molar-refractivity contribution in [1.29, 1.82) is 0 Å². The van der Waals surface area contributed by atoms with E-state index >= 15 is 0 Å². The van der Waals surface area contributed by atoms with E-state index in [4.69, 9.17) is 0 Å². The predicted octanol–water partition coefficient (Wildman–Crippen LogP) is 2.98. The van der Waals surface area contributed by atoms with Gasteiger partial charge in [0.25, 0.3) is 0 Å². The number of nitrogens with zero attached hydrogens (tertiary/aromatic N) is 2. The average molecular weight is 516 g/mol. The summed E-state index contributed by atoms with van der Waals surface area (Å²) in [5.41, 5.74) is 3.55. The van der Waals surface area contributed by atoms with Crippen LogP contribution < -0.4 is 10.6 Å². The first kappa shape index (κ1) is 24.4. The zero-order valence-electron chi connectivity index (χ0n) is 16.8. The van der Waals surface area contributed by atoms with Crippen LogP contribution in [0.15, 0.2) is 58.4 Å². The minimum absolute atomic E-state index is 0. The van der Waals surface area contributed by atoms with Gasteiger partial charge in [0.1, 0.15) is 0 Å². The zero-order chi connectivity index (χ0) is 19.9. The van der Waals surface area contributed by atoms with Crippen molar-refractivity contribution in [3.63, 3.8) is 0 Å². The van der Waals surface area contributed by atoms with Gasteiger partial charge in [-0.05, 0) is 35.2 Å². The maximum Gasteiger partial charge on any atom is 0.242 e. The summed E-state index contributed by atoms with van der Waals surface area (Å²) >= 11 is 0. The molecule has 0 heterocycles. The highest BCUT2D eigenvalue weighted by molar-refractivity contribution is 14.0. The number of nitrogens with one attached hydrogen (secondary N) is 2. The topological polar surface area (TPSA) is 73.8 Å². The van der Waals surface area contributed by atoms with Crippen molar-refractivity contribution < 1.29 is 8.42 Å². The standard InChI is InChI=1S/C20H28N4O2S.HI/c1-5-17-8-6-7-9-18(17)15-23-20(21-2)22-14-16-10-12-19(13-11-16)27(25,26)24(3)4;/h6-13H,5,14-15H2,1-4H3,(H2,21,22,23);1H. The largest absolute Gasteiger partial charge is 0.352 e. The number of rotatable bonds is 7. The summed E-state index contributed by atoms with van der Waals surface area (Å²) in [5.74, 6) is 0.700. The van der Waals surface area contributed by atoms with Crippen molar-refractivity contribution in [1.82, 2.24) is 14.9 Å². The third kappa shape index (κ3) is 6.46. The lowest BCUT2D eigenvalue weighted by atomic mass is 10.1. The molecule has 0 unspecified atom stereocenters. The Morgan fingerprint density at radius 2 is 1.54 bits per heavy atom. The molecule has 0 aliphatic carbocycles. The smallest absolute Gasteiger partial charge is 0.242 e. The van der Waals surface area contributed by atoms with E-state index in [1.54, 1.807) is 19.2 Å². The third-order valence-electron chi connectivity index (χ3n) is 4.33. The molecular weight excluding hydrogens is 487 g/mol. The van der Waals surface area contributed by atoms with Gasteiger partial charge in [-0.1, -0.05) is 43.3 Å². The highest BCUT2D eigenvalue weighted by Crippen LogP contribution is 2.14. The lowest BCUT2D eigenvalue weighted by molar-refractivity contribution is 0.520. The molecule has 0 atom stereocenters. The van der Waals surface area contributed by atoms with Gasteiger partial charge in [0.05, 0.1) is 4.90 Å². The van der Waals surface area contributed by atoms with Gasteiger partial charge in [0, 0.05) is 34.2 Å². The fourth-order valence-electron chi connectivity index (χ4n) is 2.65. The number of benzene rings is 2. The fourth-order valence-corrected chi connectivity index (χ4v) is 3.55. The molecule has 0 radical (unpaired) electrons. The Morgan fingerprint density at radius 1 is 0.964 bits per heavy atom. The number of hydrogen-bond donors (Lipinski definition) is 2. The second kappa shape index (κ2) is 11.4. The lowest BCUT2D eigenvalue weighted by Crippen LogP contribution is -2.36. The Balaban J connectivity index is 0.00000392. The lowest BCUT2D eigenvalue weighted by Gasteiger charge is -2.14.